The summed E-state index contributed by atoms with van der Waals surface area (Å²) in [5, 5.41) is 0. The third-order valence-electron chi connectivity index (χ3n) is 4.10. The molecule has 1 heterocycles. The van der Waals surface area contributed by atoms with E-state index < -0.39 is 0 Å². The number of primary amides is 1. The fourth-order valence-corrected chi connectivity index (χ4v) is 2.85. The Morgan fingerprint density at radius 3 is 2.61 bits per heavy atom. The molecule has 0 saturated heterocycles. The van der Waals surface area contributed by atoms with Crippen molar-refractivity contribution in [3.63, 3.8) is 0 Å². The Morgan fingerprint density at radius 2 is 1.91 bits per heavy atom. The zero-order valence-electron chi connectivity index (χ0n) is 13.5. The van der Waals surface area contributed by atoms with Gasteiger partial charge in [0, 0.05) is 5.56 Å². The predicted octanol–water partition coefficient (Wildman–Crippen LogP) is 3.68. The Balaban J connectivity index is 1.91. The van der Waals surface area contributed by atoms with Crippen LogP contribution in [0.5, 0.6) is 5.75 Å². The minimum Gasteiger partial charge on any atom is -0.483 e. The molecule has 2 aromatic carbocycles. The minimum atomic E-state index is -0.342. The van der Waals surface area contributed by atoms with Gasteiger partial charge in [0.05, 0.1) is 5.92 Å². The van der Waals surface area contributed by atoms with Crippen LogP contribution in [-0.2, 0) is 11.2 Å². The summed E-state index contributed by atoms with van der Waals surface area (Å²) in [6, 6.07) is 15.8. The van der Waals surface area contributed by atoms with E-state index in [2.05, 4.69) is 0 Å². The van der Waals surface area contributed by atoms with Gasteiger partial charge < -0.3 is 10.5 Å². The first kappa shape index (κ1) is 15.3. The molecule has 1 aliphatic rings. The first-order valence-electron chi connectivity index (χ1n) is 7.80. The van der Waals surface area contributed by atoms with Crippen LogP contribution in [0.25, 0.3) is 6.08 Å². The topological polar surface area (TPSA) is 52.3 Å². The lowest BCUT2D eigenvalue weighted by molar-refractivity contribution is -0.119. The van der Waals surface area contributed by atoms with Gasteiger partial charge in [-0.1, -0.05) is 42.5 Å². The van der Waals surface area contributed by atoms with Crippen LogP contribution in [-0.4, -0.2) is 11.5 Å². The van der Waals surface area contributed by atoms with Gasteiger partial charge in [-0.2, -0.15) is 0 Å². The average Bonchev–Trinajstić information content (AvgIpc) is 2.52. The number of rotatable bonds is 4. The van der Waals surface area contributed by atoms with Gasteiger partial charge in [0.15, 0.2) is 0 Å². The number of ether oxygens (including phenoxy) is 1. The fraction of sp³-hybridized carbons (Fsp3) is 0.250. The fourth-order valence-electron chi connectivity index (χ4n) is 2.85. The van der Waals surface area contributed by atoms with Crippen molar-refractivity contribution in [2.75, 3.05) is 0 Å². The molecule has 0 spiro atoms. The number of hydrogen-bond acceptors (Lipinski definition) is 2. The molecular formula is C20H21NO2. The van der Waals surface area contributed by atoms with E-state index in [0.717, 1.165) is 22.4 Å². The van der Waals surface area contributed by atoms with Crippen LogP contribution in [0.3, 0.4) is 0 Å². The Hall–Kier alpha value is -2.55. The van der Waals surface area contributed by atoms with Gasteiger partial charge in [-0.25, -0.2) is 0 Å². The summed E-state index contributed by atoms with van der Waals surface area (Å²) in [4.78, 5) is 11.9. The molecule has 118 valence electrons. The summed E-state index contributed by atoms with van der Waals surface area (Å²) in [6.45, 7) is 4.03. The van der Waals surface area contributed by atoms with Crippen molar-refractivity contribution in [3.05, 3.63) is 71.3 Å². The molecule has 1 aliphatic heterocycles. The molecule has 1 amide bonds. The molecule has 2 aromatic rings. The number of hydrogen-bond donors (Lipinski definition) is 1. The zero-order valence-corrected chi connectivity index (χ0v) is 13.5. The van der Waals surface area contributed by atoms with Crippen molar-refractivity contribution in [2.24, 2.45) is 5.73 Å². The van der Waals surface area contributed by atoms with Crippen molar-refractivity contribution in [3.8, 4) is 5.75 Å². The van der Waals surface area contributed by atoms with E-state index in [0.29, 0.717) is 6.42 Å². The maximum atomic E-state index is 11.9. The largest absolute Gasteiger partial charge is 0.483 e. The average molecular weight is 307 g/mol. The van der Waals surface area contributed by atoms with Gasteiger partial charge >= 0.3 is 0 Å². The minimum absolute atomic E-state index is 0.304. The monoisotopic (exact) mass is 307 g/mol. The molecule has 3 nitrogen and oxygen atoms in total. The quantitative estimate of drug-likeness (QED) is 0.936. The molecule has 1 atom stereocenters. The van der Waals surface area contributed by atoms with Gasteiger partial charge in [-0.05, 0) is 49.6 Å². The van der Waals surface area contributed by atoms with E-state index in [9.17, 15) is 4.79 Å². The van der Waals surface area contributed by atoms with Crippen molar-refractivity contribution in [1.82, 2.24) is 0 Å². The molecule has 3 heteroatoms. The predicted molar refractivity (Wildman–Crippen MR) is 92.3 cm³/mol. The normalized spacial score (nSPS) is 16.3. The van der Waals surface area contributed by atoms with Gasteiger partial charge in [-0.15, -0.1) is 0 Å². The first-order chi connectivity index (χ1) is 10.9. The van der Waals surface area contributed by atoms with E-state index in [1.54, 1.807) is 0 Å². The maximum Gasteiger partial charge on any atom is 0.225 e. The molecule has 0 saturated carbocycles. The Kier molecular flexibility index (Phi) is 3.95. The molecule has 0 fully saturated rings. The Bertz CT molecular complexity index is 747. The lowest BCUT2D eigenvalue weighted by atomic mass is 9.89. The van der Waals surface area contributed by atoms with Gasteiger partial charge in [0.25, 0.3) is 0 Å². The van der Waals surface area contributed by atoms with E-state index >= 15 is 0 Å². The number of nitrogens with two attached hydrogens (primary N) is 1. The highest BCUT2D eigenvalue weighted by molar-refractivity contribution is 5.82. The van der Waals surface area contributed by atoms with E-state index in [-0.39, 0.29) is 17.4 Å². The summed E-state index contributed by atoms with van der Waals surface area (Å²) in [7, 11) is 0. The highest BCUT2D eigenvalue weighted by Gasteiger charge is 2.24. The van der Waals surface area contributed by atoms with Gasteiger partial charge in [0.1, 0.15) is 11.4 Å². The molecule has 23 heavy (non-hydrogen) atoms. The van der Waals surface area contributed by atoms with Crippen LogP contribution in [0.4, 0.5) is 0 Å². The van der Waals surface area contributed by atoms with Gasteiger partial charge in [0.2, 0.25) is 5.91 Å². The molecule has 3 rings (SSSR count). The zero-order chi connectivity index (χ0) is 16.4. The van der Waals surface area contributed by atoms with E-state index in [4.69, 9.17) is 10.5 Å². The van der Waals surface area contributed by atoms with Gasteiger partial charge in [-0.3, -0.25) is 4.79 Å². The summed E-state index contributed by atoms with van der Waals surface area (Å²) in [6.07, 6.45) is 4.67. The number of carbonyl (C=O) groups is 1. The second kappa shape index (κ2) is 5.92. The SMILES string of the molecule is CC1(C)C=Cc2cc(C(Cc3ccccc3)C(N)=O)ccc2O1. The molecule has 0 bridgehead atoms. The molecule has 2 N–H and O–H groups in total. The molecule has 0 aliphatic carbocycles. The molecule has 1 unspecified atom stereocenters. The third kappa shape index (κ3) is 3.45. The number of benzene rings is 2. The molecule has 0 aromatic heterocycles. The molecular weight excluding hydrogens is 286 g/mol. The lowest BCUT2D eigenvalue weighted by Gasteiger charge is -2.28. The van der Waals surface area contributed by atoms with Crippen LogP contribution in [0, 0.1) is 0 Å². The van der Waals surface area contributed by atoms with Crippen molar-refractivity contribution in [2.45, 2.75) is 31.8 Å². The Labute approximate surface area is 136 Å². The van der Waals surface area contributed by atoms with Crippen LogP contribution < -0.4 is 10.5 Å². The van der Waals surface area contributed by atoms with Crippen molar-refractivity contribution in [1.29, 1.82) is 0 Å². The molecule has 0 radical (unpaired) electrons. The highest BCUT2D eigenvalue weighted by atomic mass is 16.5. The smallest absolute Gasteiger partial charge is 0.225 e. The summed E-state index contributed by atoms with van der Waals surface area (Å²) in [5.74, 6) is 0.185. The maximum absolute atomic E-state index is 11.9. The van der Waals surface area contributed by atoms with Crippen LogP contribution >= 0.6 is 0 Å². The van der Waals surface area contributed by atoms with Crippen molar-refractivity contribution >= 4 is 12.0 Å². The summed E-state index contributed by atoms with van der Waals surface area (Å²) < 4.78 is 5.93. The summed E-state index contributed by atoms with van der Waals surface area (Å²) in [5.41, 5.74) is 8.35. The Morgan fingerprint density at radius 1 is 1.17 bits per heavy atom. The second-order valence-corrected chi connectivity index (χ2v) is 6.48. The lowest BCUT2D eigenvalue weighted by Crippen LogP contribution is -2.28. The standard InChI is InChI=1S/C20H21NO2/c1-20(2)11-10-16-13-15(8-9-18(16)23-20)17(19(21)22)12-14-6-4-3-5-7-14/h3-11,13,17H,12H2,1-2H3,(H2,21,22). The summed E-state index contributed by atoms with van der Waals surface area (Å²) >= 11 is 0. The first-order valence-corrected chi connectivity index (χ1v) is 7.80. The van der Waals surface area contributed by atoms with Crippen LogP contribution in [0.15, 0.2) is 54.6 Å². The second-order valence-electron chi connectivity index (χ2n) is 6.48. The third-order valence-corrected chi connectivity index (χ3v) is 4.10. The number of amides is 1. The van der Waals surface area contributed by atoms with E-state index in [1.807, 2.05) is 74.5 Å². The highest BCUT2D eigenvalue weighted by Crippen LogP contribution is 2.33. The van der Waals surface area contributed by atoms with Crippen molar-refractivity contribution < 1.29 is 9.53 Å². The number of carbonyl (C=O) groups excluding carboxylic acids is 1. The van der Waals surface area contributed by atoms with E-state index in [1.165, 1.54) is 0 Å². The number of fused-ring (bicyclic) bond motifs is 1. The van der Waals surface area contributed by atoms with Crippen LogP contribution in [0.2, 0.25) is 0 Å². The van der Waals surface area contributed by atoms with Crippen LogP contribution in [0.1, 0.15) is 36.5 Å².